The average Bonchev–Trinajstić information content (AvgIpc) is 3.17. The third kappa shape index (κ3) is 2.75. The van der Waals surface area contributed by atoms with Gasteiger partial charge in [-0.2, -0.15) is 0 Å². The van der Waals surface area contributed by atoms with Crippen LogP contribution in [0.3, 0.4) is 0 Å². The highest BCUT2D eigenvalue weighted by molar-refractivity contribution is 6.33. The molecule has 1 saturated carbocycles. The summed E-state index contributed by atoms with van der Waals surface area (Å²) in [7, 11) is 0. The van der Waals surface area contributed by atoms with Gasteiger partial charge in [-0.3, -0.25) is 4.79 Å². The largest absolute Gasteiger partial charge is 0.370 e. The molecule has 98 valence electrons. The van der Waals surface area contributed by atoms with Crippen LogP contribution in [-0.4, -0.2) is 34.9 Å². The number of anilines is 1. The first-order valence-corrected chi connectivity index (χ1v) is 6.75. The number of nitrogens with one attached hydrogen (secondary N) is 1. The number of pyridine rings is 1. The molecule has 5 heteroatoms. The molecule has 0 spiro atoms. The van der Waals surface area contributed by atoms with Crippen LogP contribution in [-0.2, 0) is 0 Å². The molecular formula is C13H18ClN3O. The lowest BCUT2D eigenvalue weighted by molar-refractivity contribution is 0.0752. The van der Waals surface area contributed by atoms with Gasteiger partial charge in [0.15, 0.2) is 0 Å². The van der Waals surface area contributed by atoms with Gasteiger partial charge >= 0.3 is 0 Å². The number of aromatic nitrogens is 1. The lowest BCUT2D eigenvalue weighted by atomic mass is 10.2. The van der Waals surface area contributed by atoms with E-state index in [-0.39, 0.29) is 5.91 Å². The van der Waals surface area contributed by atoms with Gasteiger partial charge in [-0.1, -0.05) is 11.6 Å². The van der Waals surface area contributed by atoms with Crippen molar-refractivity contribution in [1.29, 1.82) is 0 Å². The number of carbonyl (C=O) groups is 1. The van der Waals surface area contributed by atoms with Crippen molar-refractivity contribution in [2.45, 2.75) is 32.7 Å². The highest BCUT2D eigenvalue weighted by atomic mass is 35.5. The molecule has 0 atom stereocenters. The summed E-state index contributed by atoms with van der Waals surface area (Å²) in [5.41, 5.74) is 0.538. The van der Waals surface area contributed by atoms with Crippen molar-refractivity contribution in [3.63, 3.8) is 0 Å². The van der Waals surface area contributed by atoms with Crippen LogP contribution in [0.4, 0.5) is 5.82 Å². The van der Waals surface area contributed by atoms with Crippen molar-refractivity contribution in [2.24, 2.45) is 0 Å². The SMILES string of the molecule is CCNc1cc(C(=O)N(CC)C2CC2)c(Cl)cn1. The van der Waals surface area contributed by atoms with Gasteiger partial charge in [0.1, 0.15) is 5.82 Å². The first kappa shape index (κ1) is 13.1. The summed E-state index contributed by atoms with van der Waals surface area (Å²) in [5.74, 6) is 0.698. The van der Waals surface area contributed by atoms with Gasteiger partial charge in [0.25, 0.3) is 5.91 Å². The summed E-state index contributed by atoms with van der Waals surface area (Å²) in [5, 5.41) is 3.51. The molecule has 0 aliphatic heterocycles. The van der Waals surface area contributed by atoms with Crippen LogP contribution < -0.4 is 5.32 Å². The number of amides is 1. The Morgan fingerprint density at radius 3 is 2.83 bits per heavy atom. The van der Waals surface area contributed by atoms with Gasteiger partial charge in [0.05, 0.1) is 10.6 Å². The summed E-state index contributed by atoms with van der Waals surface area (Å²) in [6.07, 6.45) is 3.73. The molecule has 1 fully saturated rings. The maximum absolute atomic E-state index is 12.4. The van der Waals surface area contributed by atoms with E-state index < -0.39 is 0 Å². The molecule has 1 aliphatic carbocycles. The van der Waals surface area contributed by atoms with Crippen molar-refractivity contribution in [1.82, 2.24) is 9.88 Å². The molecule has 0 aromatic carbocycles. The summed E-state index contributed by atoms with van der Waals surface area (Å²) < 4.78 is 0. The second-order valence-corrected chi connectivity index (χ2v) is 4.81. The first-order valence-electron chi connectivity index (χ1n) is 6.37. The minimum absolute atomic E-state index is 0.00607. The van der Waals surface area contributed by atoms with Crippen LogP contribution in [0, 0.1) is 0 Å². The number of rotatable bonds is 5. The monoisotopic (exact) mass is 267 g/mol. The molecule has 1 aromatic heterocycles. The molecule has 1 amide bonds. The number of hydrogen-bond acceptors (Lipinski definition) is 3. The maximum Gasteiger partial charge on any atom is 0.255 e. The van der Waals surface area contributed by atoms with E-state index in [2.05, 4.69) is 10.3 Å². The predicted molar refractivity (Wildman–Crippen MR) is 73.1 cm³/mol. The molecule has 0 saturated heterocycles. The third-order valence-corrected chi connectivity index (χ3v) is 3.33. The van der Waals surface area contributed by atoms with Crippen molar-refractivity contribution < 1.29 is 4.79 Å². The van der Waals surface area contributed by atoms with Crippen LogP contribution in [0.1, 0.15) is 37.0 Å². The molecule has 1 heterocycles. The summed E-state index contributed by atoms with van der Waals surface area (Å²) in [6.45, 7) is 5.47. The van der Waals surface area contributed by atoms with Crippen molar-refractivity contribution in [3.8, 4) is 0 Å². The molecule has 1 aliphatic rings. The van der Waals surface area contributed by atoms with Crippen LogP contribution in [0.5, 0.6) is 0 Å². The molecular weight excluding hydrogens is 250 g/mol. The summed E-state index contributed by atoms with van der Waals surface area (Å²) in [4.78, 5) is 18.4. The molecule has 2 rings (SSSR count). The van der Waals surface area contributed by atoms with E-state index in [1.807, 2.05) is 18.7 Å². The molecule has 0 radical (unpaired) electrons. The smallest absolute Gasteiger partial charge is 0.255 e. The average molecular weight is 268 g/mol. The Morgan fingerprint density at radius 2 is 2.28 bits per heavy atom. The normalized spacial score (nSPS) is 14.4. The zero-order chi connectivity index (χ0) is 13.1. The van der Waals surface area contributed by atoms with Gasteiger partial charge in [-0.15, -0.1) is 0 Å². The van der Waals surface area contributed by atoms with Gasteiger partial charge in [0.2, 0.25) is 0 Å². The van der Waals surface area contributed by atoms with Crippen molar-refractivity contribution in [3.05, 3.63) is 22.8 Å². The van der Waals surface area contributed by atoms with Gasteiger partial charge in [0, 0.05) is 25.3 Å². The zero-order valence-corrected chi connectivity index (χ0v) is 11.5. The number of hydrogen-bond donors (Lipinski definition) is 1. The van der Waals surface area contributed by atoms with Crippen molar-refractivity contribution in [2.75, 3.05) is 18.4 Å². The second kappa shape index (κ2) is 5.57. The van der Waals surface area contributed by atoms with E-state index >= 15 is 0 Å². The van der Waals surface area contributed by atoms with E-state index in [1.165, 1.54) is 6.20 Å². The number of nitrogens with zero attached hydrogens (tertiary/aromatic N) is 2. The fraction of sp³-hybridized carbons (Fsp3) is 0.538. The molecule has 1 N–H and O–H groups in total. The molecule has 0 bridgehead atoms. The first-order chi connectivity index (χ1) is 8.67. The van der Waals surface area contributed by atoms with Crippen LogP contribution >= 0.6 is 11.6 Å². The van der Waals surface area contributed by atoms with E-state index in [0.29, 0.717) is 22.4 Å². The lowest BCUT2D eigenvalue weighted by Crippen LogP contribution is -2.33. The second-order valence-electron chi connectivity index (χ2n) is 4.40. The van der Waals surface area contributed by atoms with E-state index in [1.54, 1.807) is 6.07 Å². The fourth-order valence-electron chi connectivity index (χ4n) is 1.99. The Hall–Kier alpha value is -1.29. The van der Waals surface area contributed by atoms with E-state index in [0.717, 1.165) is 25.9 Å². The van der Waals surface area contributed by atoms with Crippen LogP contribution in [0.15, 0.2) is 12.3 Å². The quantitative estimate of drug-likeness (QED) is 0.892. The van der Waals surface area contributed by atoms with Crippen molar-refractivity contribution >= 4 is 23.3 Å². The summed E-state index contributed by atoms with van der Waals surface area (Å²) in [6, 6.07) is 2.13. The molecule has 4 nitrogen and oxygen atoms in total. The third-order valence-electron chi connectivity index (χ3n) is 3.03. The highest BCUT2D eigenvalue weighted by Crippen LogP contribution is 2.29. The fourth-order valence-corrected chi connectivity index (χ4v) is 2.17. The van der Waals surface area contributed by atoms with Gasteiger partial charge < -0.3 is 10.2 Å². The Bertz CT molecular complexity index is 446. The zero-order valence-electron chi connectivity index (χ0n) is 10.7. The number of carbonyl (C=O) groups excluding carboxylic acids is 1. The van der Waals surface area contributed by atoms with E-state index in [9.17, 15) is 4.79 Å². The minimum atomic E-state index is 0.00607. The summed E-state index contributed by atoms with van der Waals surface area (Å²) >= 11 is 6.08. The highest BCUT2D eigenvalue weighted by Gasteiger charge is 2.32. The van der Waals surface area contributed by atoms with Crippen LogP contribution in [0.25, 0.3) is 0 Å². The number of halogens is 1. The topological polar surface area (TPSA) is 45.2 Å². The van der Waals surface area contributed by atoms with Gasteiger partial charge in [-0.25, -0.2) is 4.98 Å². The minimum Gasteiger partial charge on any atom is -0.370 e. The Balaban J connectivity index is 2.24. The Labute approximate surface area is 112 Å². The standard InChI is InChI=1S/C13H18ClN3O/c1-3-15-12-7-10(11(14)8-16-12)13(18)17(4-2)9-5-6-9/h7-9H,3-6H2,1-2H3,(H,15,16). The van der Waals surface area contributed by atoms with E-state index in [4.69, 9.17) is 11.6 Å². The van der Waals surface area contributed by atoms with Crippen LogP contribution in [0.2, 0.25) is 5.02 Å². The molecule has 18 heavy (non-hydrogen) atoms. The maximum atomic E-state index is 12.4. The Morgan fingerprint density at radius 1 is 1.56 bits per heavy atom. The molecule has 0 unspecified atom stereocenters. The predicted octanol–water partition coefficient (Wildman–Crippen LogP) is 2.79. The Kier molecular flexibility index (Phi) is 4.07. The molecule has 1 aromatic rings. The lowest BCUT2D eigenvalue weighted by Gasteiger charge is -2.21. The van der Waals surface area contributed by atoms with Gasteiger partial charge in [-0.05, 0) is 32.8 Å².